The highest BCUT2D eigenvalue weighted by molar-refractivity contribution is 6.00. The molecule has 1 aliphatic heterocycles. The summed E-state index contributed by atoms with van der Waals surface area (Å²) in [4.78, 5) is 38.8. The molecular formula is C17H22N2O5. The van der Waals surface area contributed by atoms with Gasteiger partial charge >= 0.3 is 5.97 Å². The van der Waals surface area contributed by atoms with Gasteiger partial charge in [-0.3, -0.25) is 14.4 Å². The zero-order chi connectivity index (χ0) is 17.7. The molecule has 1 aliphatic rings. The molecule has 130 valence electrons. The first-order chi connectivity index (χ1) is 11.5. The van der Waals surface area contributed by atoms with Gasteiger partial charge in [-0.05, 0) is 31.9 Å². The molecule has 0 spiro atoms. The Bertz CT molecular complexity index is 631. The van der Waals surface area contributed by atoms with Crippen molar-refractivity contribution in [2.75, 3.05) is 26.7 Å². The first-order valence-corrected chi connectivity index (χ1v) is 7.95. The number of hydrogen-bond donors (Lipinski definition) is 1. The maximum atomic E-state index is 12.9. The molecular weight excluding hydrogens is 312 g/mol. The number of amides is 2. The predicted molar refractivity (Wildman–Crippen MR) is 86.9 cm³/mol. The van der Waals surface area contributed by atoms with E-state index >= 15 is 0 Å². The molecule has 1 heterocycles. The van der Waals surface area contributed by atoms with Gasteiger partial charge in [0.05, 0.1) is 12.2 Å². The van der Waals surface area contributed by atoms with Gasteiger partial charge in [-0.1, -0.05) is 12.1 Å². The highest BCUT2D eigenvalue weighted by atomic mass is 16.5. The summed E-state index contributed by atoms with van der Waals surface area (Å²) in [5.41, 5.74) is 0.417. The van der Waals surface area contributed by atoms with Crippen molar-refractivity contribution in [2.24, 2.45) is 0 Å². The fourth-order valence-corrected chi connectivity index (χ4v) is 2.88. The molecule has 7 heteroatoms. The highest BCUT2D eigenvalue weighted by Gasteiger charge is 2.37. The SMILES string of the molecule is CCOc1ccccc1C(=O)N1CCCC1C(=O)N(C)CC(=O)O. The van der Waals surface area contributed by atoms with E-state index in [-0.39, 0.29) is 18.4 Å². The number of rotatable bonds is 6. The molecule has 24 heavy (non-hydrogen) atoms. The lowest BCUT2D eigenvalue weighted by Gasteiger charge is -2.27. The van der Waals surface area contributed by atoms with Gasteiger partial charge in [-0.15, -0.1) is 0 Å². The monoisotopic (exact) mass is 334 g/mol. The minimum Gasteiger partial charge on any atom is -0.493 e. The summed E-state index contributed by atoms with van der Waals surface area (Å²) in [5, 5.41) is 8.83. The fraction of sp³-hybridized carbons (Fsp3) is 0.471. The van der Waals surface area contributed by atoms with E-state index in [1.807, 2.05) is 6.92 Å². The Morgan fingerprint density at radius 3 is 2.71 bits per heavy atom. The number of aliphatic carboxylic acids is 1. The Morgan fingerprint density at radius 1 is 1.33 bits per heavy atom. The van der Waals surface area contributed by atoms with Gasteiger partial charge in [-0.2, -0.15) is 0 Å². The Labute approximate surface area is 140 Å². The van der Waals surface area contributed by atoms with Gasteiger partial charge < -0.3 is 19.6 Å². The number of ether oxygens (including phenoxy) is 1. The Kier molecular flexibility index (Phi) is 5.78. The Balaban J connectivity index is 2.19. The lowest BCUT2D eigenvalue weighted by Crippen LogP contribution is -2.47. The number of carbonyl (C=O) groups is 3. The van der Waals surface area contributed by atoms with Crippen LogP contribution in [0.1, 0.15) is 30.1 Å². The highest BCUT2D eigenvalue weighted by Crippen LogP contribution is 2.26. The molecule has 0 saturated carbocycles. The molecule has 0 aliphatic carbocycles. The molecule has 1 unspecified atom stereocenters. The first kappa shape index (κ1) is 17.8. The van der Waals surface area contributed by atoms with E-state index in [0.717, 1.165) is 4.90 Å². The minimum atomic E-state index is -1.08. The number of likely N-dealkylation sites (N-methyl/N-ethyl adjacent to an activating group) is 1. The van der Waals surface area contributed by atoms with Gasteiger partial charge in [0.2, 0.25) is 5.91 Å². The number of carboxylic acids is 1. The molecule has 7 nitrogen and oxygen atoms in total. The average Bonchev–Trinajstić information content (AvgIpc) is 3.03. The van der Waals surface area contributed by atoms with Crippen molar-refractivity contribution in [1.29, 1.82) is 0 Å². The van der Waals surface area contributed by atoms with Crippen LogP contribution in [0.15, 0.2) is 24.3 Å². The molecule has 0 bridgehead atoms. The standard InChI is InChI=1S/C17H22N2O5/c1-3-24-14-9-5-4-7-12(14)16(22)19-10-6-8-13(19)17(23)18(2)11-15(20)21/h4-5,7,9,13H,3,6,8,10-11H2,1-2H3,(H,20,21). The number of carboxylic acid groups (broad SMARTS) is 1. The third kappa shape index (κ3) is 3.84. The maximum Gasteiger partial charge on any atom is 0.323 e. The zero-order valence-corrected chi connectivity index (χ0v) is 13.9. The molecule has 1 fully saturated rings. The molecule has 1 N–H and O–H groups in total. The summed E-state index contributed by atoms with van der Waals surface area (Å²) in [5.74, 6) is -1.21. The topological polar surface area (TPSA) is 87.2 Å². The van der Waals surface area contributed by atoms with Crippen molar-refractivity contribution in [3.05, 3.63) is 29.8 Å². The number of carbonyl (C=O) groups excluding carboxylic acids is 2. The fourth-order valence-electron chi connectivity index (χ4n) is 2.88. The summed E-state index contributed by atoms with van der Waals surface area (Å²) in [6.07, 6.45) is 1.24. The van der Waals surface area contributed by atoms with E-state index in [4.69, 9.17) is 9.84 Å². The van der Waals surface area contributed by atoms with Crippen molar-refractivity contribution < 1.29 is 24.2 Å². The number of likely N-dealkylation sites (tertiary alicyclic amines) is 1. The summed E-state index contributed by atoms with van der Waals surface area (Å²) in [6, 6.07) is 6.30. The molecule has 2 rings (SSSR count). The molecule has 0 radical (unpaired) electrons. The van der Waals surface area contributed by atoms with Gasteiger partial charge in [0, 0.05) is 13.6 Å². The van der Waals surface area contributed by atoms with Crippen LogP contribution in [-0.2, 0) is 9.59 Å². The quantitative estimate of drug-likeness (QED) is 0.845. The molecule has 0 aromatic heterocycles. The maximum absolute atomic E-state index is 12.9. The first-order valence-electron chi connectivity index (χ1n) is 7.95. The van der Waals surface area contributed by atoms with Crippen molar-refractivity contribution >= 4 is 17.8 Å². The normalized spacial score (nSPS) is 16.8. The lowest BCUT2D eigenvalue weighted by atomic mass is 10.1. The number of benzene rings is 1. The van der Waals surface area contributed by atoms with Gasteiger partial charge in [0.15, 0.2) is 0 Å². The smallest absolute Gasteiger partial charge is 0.323 e. The van der Waals surface area contributed by atoms with E-state index in [1.54, 1.807) is 24.3 Å². The Morgan fingerprint density at radius 2 is 2.04 bits per heavy atom. The van der Waals surface area contributed by atoms with Crippen LogP contribution in [0.2, 0.25) is 0 Å². The van der Waals surface area contributed by atoms with Gasteiger partial charge in [-0.25, -0.2) is 0 Å². The second kappa shape index (κ2) is 7.81. The minimum absolute atomic E-state index is 0.265. The van der Waals surface area contributed by atoms with Crippen LogP contribution in [-0.4, -0.2) is 65.5 Å². The van der Waals surface area contributed by atoms with Crippen LogP contribution in [0.3, 0.4) is 0 Å². The van der Waals surface area contributed by atoms with Crippen LogP contribution in [0, 0.1) is 0 Å². The summed E-state index contributed by atoms with van der Waals surface area (Å²) in [7, 11) is 1.44. The van der Waals surface area contributed by atoms with Crippen LogP contribution >= 0.6 is 0 Å². The third-order valence-electron chi connectivity index (χ3n) is 3.96. The van der Waals surface area contributed by atoms with Gasteiger partial charge in [0.1, 0.15) is 18.3 Å². The van der Waals surface area contributed by atoms with E-state index in [9.17, 15) is 14.4 Å². The van der Waals surface area contributed by atoms with Crippen LogP contribution in [0.4, 0.5) is 0 Å². The third-order valence-corrected chi connectivity index (χ3v) is 3.96. The van der Waals surface area contributed by atoms with Crippen molar-refractivity contribution in [1.82, 2.24) is 9.80 Å². The van der Waals surface area contributed by atoms with Gasteiger partial charge in [0.25, 0.3) is 5.91 Å². The van der Waals surface area contributed by atoms with Crippen molar-refractivity contribution in [2.45, 2.75) is 25.8 Å². The second-order valence-corrected chi connectivity index (χ2v) is 5.67. The van der Waals surface area contributed by atoms with Crippen LogP contribution in [0.5, 0.6) is 5.75 Å². The average molecular weight is 334 g/mol. The number of nitrogens with zero attached hydrogens (tertiary/aromatic N) is 2. The number of hydrogen-bond acceptors (Lipinski definition) is 4. The molecule has 1 aromatic carbocycles. The number of para-hydroxylation sites is 1. The van der Waals surface area contributed by atoms with Crippen molar-refractivity contribution in [3.8, 4) is 5.75 Å². The molecule has 1 atom stereocenters. The van der Waals surface area contributed by atoms with Crippen LogP contribution in [0.25, 0.3) is 0 Å². The largest absolute Gasteiger partial charge is 0.493 e. The molecule has 1 saturated heterocycles. The van der Waals surface area contributed by atoms with E-state index in [1.165, 1.54) is 11.9 Å². The van der Waals surface area contributed by atoms with E-state index < -0.39 is 12.0 Å². The Hall–Kier alpha value is -2.57. The van der Waals surface area contributed by atoms with E-state index in [2.05, 4.69) is 0 Å². The molecule has 2 amide bonds. The zero-order valence-electron chi connectivity index (χ0n) is 13.9. The summed E-state index contributed by atoms with van der Waals surface area (Å²) >= 11 is 0. The van der Waals surface area contributed by atoms with E-state index in [0.29, 0.717) is 37.3 Å². The lowest BCUT2D eigenvalue weighted by molar-refractivity contribution is -0.145. The van der Waals surface area contributed by atoms with Crippen molar-refractivity contribution in [3.63, 3.8) is 0 Å². The summed E-state index contributed by atoms with van der Waals surface area (Å²) < 4.78 is 5.49. The predicted octanol–water partition coefficient (Wildman–Crippen LogP) is 1.23. The summed E-state index contributed by atoms with van der Waals surface area (Å²) in [6.45, 7) is 2.36. The molecule has 1 aromatic rings. The van der Waals surface area contributed by atoms with Crippen LogP contribution < -0.4 is 4.74 Å². The second-order valence-electron chi connectivity index (χ2n) is 5.67.